The van der Waals surface area contributed by atoms with Gasteiger partial charge in [-0.25, -0.2) is 0 Å². The summed E-state index contributed by atoms with van der Waals surface area (Å²) >= 11 is 3.30. The van der Waals surface area contributed by atoms with E-state index in [0.29, 0.717) is 11.1 Å². The first-order valence-corrected chi connectivity index (χ1v) is 7.39. The number of carbonyl (C=O) groups excluding carboxylic acids is 1. The Morgan fingerprint density at radius 2 is 1.83 bits per heavy atom. The van der Waals surface area contributed by atoms with Gasteiger partial charge >= 0.3 is 6.61 Å². The van der Waals surface area contributed by atoms with Crippen LogP contribution in [0.15, 0.2) is 53.0 Å². The molecule has 2 aromatic carbocycles. The number of rotatable bonds is 6. The van der Waals surface area contributed by atoms with Crippen LogP contribution in [0, 0.1) is 0 Å². The molecule has 0 fully saturated rings. The molecule has 0 spiro atoms. The summed E-state index contributed by atoms with van der Waals surface area (Å²) in [6, 6.07) is 11.4. The van der Waals surface area contributed by atoms with Crippen molar-refractivity contribution in [1.82, 2.24) is 0 Å². The van der Waals surface area contributed by atoms with Crippen LogP contribution in [0.2, 0.25) is 0 Å². The number of allylic oxidation sites excluding steroid dienone is 1. The Morgan fingerprint density at radius 3 is 2.43 bits per heavy atom. The van der Waals surface area contributed by atoms with Gasteiger partial charge in [0.25, 0.3) is 0 Å². The second-order valence-corrected chi connectivity index (χ2v) is 5.41. The third kappa shape index (κ3) is 4.89. The van der Waals surface area contributed by atoms with Crippen LogP contribution in [0.1, 0.15) is 15.9 Å². The van der Waals surface area contributed by atoms with Crippen LogP contribution in [-0.4, -0.2) is 19.5 Å². The molecule has 0 aliphatic heterocycles. The average molecular weight is 383 g/mol. The summed E-state index contributed by atoms with van der Waals surface area (Å²) in [4.78, 5) is 12.0. The van der Waals surface area contributed by atoms with Crippen molar-refractivity contribution in [3.63, 3.8) is 0 Å². The summed E-state index contributed by atoms with van der Waals surface area (Å²) in [7, 11) is 1.36. The minimum Gasteiger partial charge on any atom is -0.493 e. The van der Waals surface area contributed by atoms with E-state index in [9.17, 15) is 13.6 Å². The minimum absolute atomic E-state index is 0.0566. The Bertz CT molecular complexity index is 712. The molecule has 0 atom stereocenters. The first kappa shape index (κ1) is 17.1. The molecule has 2 aromatic rings. The molecule has 0 unspecified atom stereocenters. The van der Waals surface area contributed by atoms with Crippen molar-refractivity contribution in [3.05, 3.63) is 64.1 Å². The fourth-order valence-corrected chi connectivity index (χ4v) is 2.13. The van der Waals surface area contributed by atoms with Crippen molar-refractivity contribution in [2.45, 2.75) is 6.61 Å². The number of hydrogen-bond donors (Lipinski definition) is 0. The highest BCUT2D eigenvalue weighted by Crippen LogP contribution is 2.29. The second kappa shape index (κ2) is 7.87. The second-order valence-electron chi connectivity index (χ2n) is 4.49. The molecule has 0 aliphatic carbocycles. The van der Waals surface area contributed by atoms with Gasteiger partial charge in [-0.1, -0.05) is 28.1 Å². The van der Waals surface area contributed by atoms with E-state index in [1.165, 1.54) is 25.3 Å². The molecule has 0 radical (unpaired) electrons. The van der Waals surface area contributed by atoms with Crippen molar-refractivity contribution in [2.75, 3.05) is 7.11 Å². The molecule has 2 rings (SSSR count). The lowest BCUT2D eigenvalue weighted by atomic mass is 10.1. The normalized spacial score (nSPS) is 11.0. The Hall–Kier alpha value is -2.21. The first-order chi connectivity index (χ1) is 11.0. The summed E-state index contributed by atoms with van der Waals surface area (Å²) in [6.45, 7) is -2.93. The van der Waals surface area contributed by atoms with Crippen molar-refractivity contribution < 1.29 is 23.0 Å². The van der Waals surface area contributed by atoms with Gasteiger partial charge in [0.05, 0.1) is 7.11 Å². The van der Waals surface area contributed by atoms with Gasteiger partial charge in [0.1, 0.15) is 0 Å². The lowest BCUT2D eigenvalue weighted by molar-refractivity contribution is -0.0512. The molecule has 23 heavy (non-hydrogen) atoms. The summed E-state index contributed by atoms with van der Waals surface area (Å²) in [5.41, 5.74) is 1.18. The van der Waals surface area contributed by atoms with Crippen molar-refractivity contribution >= 4 is 27.8 Å². The number of halogens is 3. The fourth-order valence-electron chi connectivity index (χ4n) is 1.86. The predicted molar refractivity (Wildman–Crippen MR) is 87.1 cm³/mol. The van der Waals surface area contributed by atoms with Crippen LogP contribution in [0.4, 0.5) is 8.78 Å². The number of hydrogen-bond acceptors (Lipinski definition) is 3. The Balaban J connectivity index is 2.15. The molecular weight excluding hydrogens is 370 g/mol. The standard InChI is InChI=1S/C17H13BrF2O3/c1-22-16-10-11(3-9-15(16)23-17(19)20)2-8-14(21)12-4-6-13(18)7-5-12/h2-10,17H,1H3/b8-2+. The molecule has 3 nitrogen and oxygen atoms in total. The van der Waals surface area contributed by atoms with E-state index in [2.05, 4.69) is 20.7 Å². The van der Waals surface area contributed by atoms with E-state index in [1.54, 1.807) is 36.4 Å². The summed E-state index contributed by atoms with van der Waals surface area (Å²) in [5, 5.41) is 0. The monoisotopic (exact) mass is 382 g/mol. The Morgan fingerprint density at radius 1 is 1.13 bits per heavy atom. The molecule has 0 amide bonds. The molecule has 0 bridgehead atoms. The van der Waals surface area contributed by atoms with Gasteiger partial charge in [-0.2, -0.15) is 8.78 Å². The molecule has 120 valence electrons. The van der Waals surface area contributed by atoms with Crippen molar-refractivity contribution in [3.8, 4) is 11.5 Å². The van der Waals surface area contributed by atoms with Gasteiger partial charge in [-0.05, 0) is 48.0 Å². The molecule has 0 saturated heterocycles. The molecule has 0 heterocycles. The number of carbonyl (C=O) groups is 1. The van der Waals surface area contributed by atoms with Crippen molar-refractivity contribution in [2.24, 2.45) is 0 Å². The zero-order chi connectivity index (χ0) is 16.8. The van der Waals surface area contributed by atoms with Crippen LogP contribution in [0.25, 0.3) is 6.08 Å². The number of alkyl halides is 2. The smallest absolute Gasteiger partial charge is 0.387 e. The van der Waals surface area contributed by atoms with Gasteiger partial charge in [0, 0.05) is 10.0 Å². The maximum absolute atomic E-state index is 12.3. The zero-order valence-corrected chi connectivity index (χ0v) is 13.7. The number of methoxy groups -OCH3 is 1. The number of ketones is 1. The van der Waals surface area contributed by atoms with Crippen molar-refractivity contribution in [1.29, 1.82) is 0 Å². The molecule has 0 aliphatic rings. The van der Waals surface area contributed by atoms with Gasteiger partial charge in [0.15, 0.2) is 17.3 Å². The van der Waals surface area contributed by atoms with Crippen LogP contribution in [0.3, 0.4) is 0 Å². The van der Waals surface area contributed by atoms with Gasteiger partial charge < -0.3 is 9.47 Å². The quantitative estimate of drug-likeness (QED) is 0.523. The SMILES string of the molecule is COc1cc(/C=C/C(=O)c2ccc(Br)cc2)ccc1OC(F)F. The van der Waals surface area contributed by atoms with E-state index in [4.69, 9.17) is 4.74 Å². The van der Waals surface area contributed by atoms with Gasteiger partial charge in [0.2, 0.25) is 0 Å². The van der Waals surface area contributed by atoms with E-state index in [-0.39, 0.29) is 17.3 Å². The highest BCUT2D eigenvalue weighted by Gasteiger charge is 2.10. The zero-order valence-electron chi connectivity index (χ0n) is 12.1. The maximum Gasteiger partial charge on any atom is 0.387 e. The van der Waals surface area contributed by atoms with E-state index >= 15 is 0 Å². The third-order valence-corrected chi connectivity index (χ3v) is 3.49. The molecule has 0 N–H and O–H groups in total. The average Bonchev–Trinajstić information content (AvgIpc) is 2.53. The van der Waals surface area contributed by atoms with Gasteiger partial charge in [-0.3, -0.25) is 4.79 Å². The molecule has 0 aromatic heterocycles. The maximum atomic E-state index is 12.3. The summed E-state index contributed by atoms with van der Waals surface area (Å²) in [6.07, 6.45) is 2.99. The largest absolute Gasteiger partial charge is 0.493 e. The number of benzene rings is 2. The predicted octanol–water partition coefficient (Wildman–Crippen LogP) is 4.96. The molecule has 0 saturated carbocycles. The van der Waals surface area contributed by atoms with Crippen LogP contribution < -0.4 is 9.47 Å². The number of ether oxygens (including phenoxy) is 2. The topological polar surface area (TPSA) is 35.5 Å². The van der Waals surface area contributed by atoms with E-state index in [0.717, 1.165) is 4.47 Å². The summed E-state index contributed by atoms with van der Waals surface area (Å²) in [5.74, 6) is -0.0493. The van der Waals surface area contributed by atoms with Crippen LogP contribution in [-0.2, 0) is 0 Å². The fraction of sp³-hybridized carbons (Fsp3) is 0.118. The molecule has 6 heteroatoms. The van der Waals surface area contributed by atoms with Gasteiger partial charge in [-0.15, -0.1) is 0 Å². The van der Waals surface area contributed by atoms with Crippen LogP contribution in [0.5, 0.6) is 11.5 Å². The van der Waals surface area contributed by atoms with E-state index < -0.39 is 6.61 Å². The lowest BCUT2D eigenvalue weighted by Gasteiger charge is -2.10. The minimum atomic E-state index is -2.93. The highest BCUT2D eigenvalue weighted by molar-refractivity contribution is 9.10. The van der Waals surface area contributed by atoms with E-state index in [1.807, 2.05) is 0 Å². The first-order valence-electron chi connectivity index (χ1n) is 6.60. The third-order valence-electron chi connectivity index (χ3n) is 2.96. The summed E-state index contributed by atoms with van der Waals surface area (Å²) < 4.78 is 34.8. The highest BCUT2D eigenvalue weighted by atomic mass is 79.9. The van der Waals surface area contributed by atoms with Crippen LogP contribution >= 0.6 is 15.9 Å². The molecular formula is C17H13BrF2O3. The Kier molecular flexibility index (Phi) is 5.87. The lowest BCUT2D eigenvalue weighted by Crippen LogP contribution is -2.03. The Labute approximate surface area is 140 Å².